The Bertz CT molecular complexity index is 2380. The summed E-state index contributed by atoms with van der Waals surface area (Å²) in [7, 11) is 3.61. The number of furan rings is 1. The first kappa shape index (κ1) is 25.0. The molecule has 5 aromatic carbocycles. The van der Waals surface area contributed by atoms with E-state index < -0.39 is 0 Å². The molecule has 8 rings (SSSR count). The zero-order chi connectivity index (χ0) is 29.1. The minimum absolute atomic E-state index is 0.0317. The van der Waals surface area contributed by atoms with E-state index in [9.17, 15) is 4.79 Å². The van der Waals surface area contributed by atoms with Gasteiger partial charge in [0.2, 0.25) is 0 Å². The van der Waals surface area contributed by atoms with Gasteiger partial charge in [-0.25, -0.2) is 14.8 Å². The monoisotopic (exact) mass is 558 g/mol. The molecular weight excluding hydrogens is 532 g/mol. The number of hydrogen-bond donors (Lipinski definition) is 0. The van der Waals surface area contributed by atoms with Crippen molar-refractivity contribution >= 4 is 33.0 Å². The van der Waals surface area contributed by atoms with Gasteiger partial charge in [-0.3, -0.25) is 9.13 Å². The maximum absolute atomic E-state index is 12.4. The van der Waals surface area contributed by atoms with Crippen LogP contribution in [0.15, 0.2) is 131 Å². The first-order chi connectivity index (χ1) is 21.0. The number of aromatic nitrogens is 4. The van der Waals surface area contributed by atoms with Crippen molar-refractivity contribution in [3.63, 3.8) is 0 Å². The van der Waals surface area contributed by atoms with Gasteiger partial charge in [-0.15, -0.1) is 0 Å². The van der Waals surface area contributed by atoms with Crippen LogP contribution in [0.25, 0.3) is 78.0 Å². The molecule has 0 fully saturated rings. The van der Waals surface area contributed by atoms with Crippen LogP contribution >= 0.6 is 0 Å². The second kappa shape index (κ2) is 9.67. The molecule has 0 aliphatic rings. The second-order valence-corrected chi connectivity index (χ2v) is 10.8. The van der Waals surface area contributed by atoms with Crippen molar-refractivity contribution in [3.8, 4) is 45.0 Å². The third-order valence-electron chi connectivity index (χ3n) is 8.22. The molecule has 0 saturated heterocycles. The largest absolute Gasteiger partial charge is 0.456 e. The van der Waals surface area contributed by atoms with Crippen LogP contribution in [0, 0.1) is 0 Å². The van der Waals surface area contributed by atoms with Crippen molar-refractivity contribution < 1.29 is 4.42 Å². The topological polar surface area (TPSA) is 65.8 Å². The number of hydrogen-bond acceptors (Lipinski definition) is 4. The molecule has 0 radical (unpaired) electrons. The van der Waals surface area contributed by atoms with Gasteiger partial charge in [0.1, 0.15) is 11.2 Å². The molecule has 3 heterocycles. The zero-order valence-corrected chi connectivity index (χ0v) is 23.7. The van der Waals surface area contributed by atoms with Gasteiger partial charge in [0.25, 0.3) is 0 Å². The zero-order valence-electron chi connectivity index (χ0n) is 23.7. The quantitative estimate of drug-likeness (QED) is 0.218. The van der Waals surface area contributed by atoms with E-state index in [0.29, 0.717) is 5.82 Å². The molecule has 206 valence electrons. The van der Waals surface area contributed by atoms with E-state index in [4.69, 9.17) is 14.4 Å². The molecule has 43 heavy (non-hydrogen) atoms. The van der Waals surface area contributed by atoms with Gasteiger partial charge < -0.3 is 4.42 Å². The summed E-state index contributed by atoms with van der Waals surface area (Å²) in [6.07, 6.45) is 0. The lowest BCUT2D eigenvalue weighted by Crippen LogP contribution is -2.19. The lowest BCUT2D eigenvalue weighted by molar-refractivity contribution is 0.669. The lowest BCUT2D eigenvalue weighted by atomic mass is 10.0. The Morgan fingerprint density at radius 1 is 0.512 bits per heavy atom. The number of rotatable bonds is 4. The van der Waals surface area contributed by atoms with Gasteiger partial charge in [0.15, 0.2) is 5.82 Å². The van der Waals surface area contributed by atoms with Gasteiger partial charge in [-0.05, 0) is 47.5 Å². The van der Waals surface area contributed by atoms with Crippen LogP contribution in [0.5, 0.6) is 0 Å². The predicted octanol–water partition coefficient (Wildman–Crippen LogP) is 8.23. The summed E-state index contributed by atoms with van der Waals surface area (Å²) in [4.78, 5) is 22.4. The Balaban J connectivity index is 1.23. The molecule has 3 aromatic heterocycles. The van der Waals surface area contributed by atoms with Gasteiger partial charge in [-0.1, -0.05) is 84.9 Å². The second-order valence-electron chi connectivity index (χ2n) is 10.8. The average Bonchev–Trinajstić information content (AvgIpc) is 3.54. The smallest absolute Gasteiger partial charge is 0.328 e. The van der Waals surface area contributed by atoms with E-state index in [1.807, 2.05) is 60.7 Å². The highest BCUT2D eigenvalue weighted by atomic mass is 16.3. The Kier molecular flexibility index (Phi) is 5.62. The van der Waals surface area contributed by atoms with Crippen molar-refractivity contribution in [1.29, 1.82) is 0 Å². The standard InChI is InChI=1S/C37H26N4O2/c1-40-32-19-17-26(20-33(32)41(2)37(40)42)23-12-14-24(15-13-23)30-22-31(39-36(38-30)25-8-4-3-5-9-25)27-16-18-29-28-10-6-7-11-34(28)43-35(29)21-27/h3-22H,1-2H3. The molecule has 0 N–H and O–H groups in total. The summed E-state index contributed by atoms with van der Waals surface area (Å²) in [5.74, 6) is 0.664. The van der Waals surface area contributed by atoms with E-state index in [1.54, 1.807) is 23.2 Å². The fourth-order valence-electron chi connectivity index (χ4n) is 5.86. The summed E-state index contributed by atoms with van der Waals surface area (Å²) in [6.45, 7) is 0. The molecule has 6 nitrogen and oxygen atoms in total. The number of benzene rings is 5. The van der Waals surface area contributed by atoms with Crippen LogP contribution in [0.1, 0.15) is 0 Å². The van der Waals surface area contributed by atoms with Crippen molar-refractivity contribution in [3.05, 3.63) is 132 Å². The van der Waals surface area contributed by atoms with E-state index in [2.05, 4.69) is 60.7 Å². The number of para-hydroxylation sites is 1. The normalized spacial score (nSPS) is 11.6. The maximum Gasteiger partial charge on any atom is 0.328 e. The lowest BCUT2D eigenvalue weighted by Gasteiger charge is -2.10. The van der Waals surface area contributed by atoms with Crippen LogP contribution < -0.4 is 5.69 Å². The van der Waals surface area contributed by atoms with Crippen LogP contribution in [-0.4, -0.2) is 19.1 Å². The summed E-state index contributed by atoms with van der Waals surface area (Å²) in [6, 6.07) is 41.0. The Labute approximate surface area is 247 Å². The van der Waals surface area contributed by atoms with E-state index in [1.165, 1.54) is 0 Å². The summed E-state index contributed by atoms with van der Waals surface area (Å²) in [5.41, 5.74) is 10.2. The van der Waals surface area contributed by atoms with Crippen LogP contribution in [-0.2, 0) is 14.1 Å². The SMILES string of the molecule is Cn1c(=O)n(C)c2cc(-c3ccc(-c4cc(-c5ccc6c(c5)oc5ccccc56)nc(-c5ccccc5)n4)cc3)ccc21. The molecule has 0 saturated carbocycles. The van der Waals surface area contributed by atoms with E-state index >= 15 is 0 Å². The molecule has 0 spiro atoms. The molecule has 0 aliphatic carbocycles. The average molecular weight is 559 g/mol. The predicted molar refractivity (Wildman–Crippen MR) is 173 cm³/mol. The van der Waals surface area contributed by atoms with Gasteiger partial charge in [0.05, 0.1) is 22.4 Å². The number of nitrogens with zero attached hydrogens (tertiary/aromatic N) is 4. The summed E-state index contributed by atoms with van der Waals surface area (Å²) < 4.78 is 9.53. The highest BCUT2D eigenvalue weighted by Gasteiger charge is 2.14. The Morgan fingerprint density at radius 2 is 1.14 bits per heavy atom. The molecule has 0 bridgehead atoms. The molecule has 0 unspecified atom stereocenters. The third kappa shape index (κ3) is 4.15. The van der Waals surface area contributed by atoms with Gasteiger partial charge in [0, 0.05) is 41.6 Å². The summed E-state index contributed by atoms with van der Waals surface area (Å²) in [5, 5.41) is 2.19. The van der Waals surface area contributed by atoms with Crippen LogP contribution in [0.4, 0.5) is 0 Å². The first-order valence-corrected chi connectivity index (χ1v) is 14.2. The highest BCUT2D eigenvalue weighted by molar-refractivity contribution is 6.05. The molecule has 0 amide bonds. The van der Waals surface area contributed by atoms with Crippen molar-refractivity contribution in [2.45, 2.75) is 0 Å². The fourth-order valence-corrected chi connectivity index (χ4v) is 5.86. The number of imidazole rings is 1. The van der Waals surface area contributed by atoms with Crippen LogP contribution in [0.3, 0.4) is 0 Å². The van der Waals surface area contributed by atoms with Gasteiger partial charge >= 0.3 is 5.69 Å². The van der Waals surface area contributed by atoms with Gasteiger partial charge in [-0.2, -0.15) is 0 Å². The van der Waals surface area contributed by atoms with Crippen molar-refractivity contribution in [2.75, 3.05) is 0 Å². The maximum atomic E-state index is 12.4. The number of aryl methyl sites for hydroxylation is 2. The fraction of sp³-hybridized carbons (Fsp3) is 0.0541. The Hall–Kier alpha value is -5.75. The molecule has 0 aliphatic heterocycles. The van der Waals surface area contributed by atoms with Crippen LogP contribution in [0.2, 0.25) is 0 Å². The number of fused-ring (bicyclic) bond motifs is 4. The minimum atomic E-state index is -0.0317. The molecule has 8 aromatic rings. The van der Waals surface area contributed by atoms with Crippen molar-refractivity contribution in [1.82, 2.24) is 19.1 Å². The third-order valence-corrected chi connectivity index (χ3v) is 8.22. The van der Waals surface area contributed by atoms with E-state index in [0.717, 1.165) is 72.2 Å². The minimum Gasteiger partial charge on any atom is -0.456 e. The Morgan fingerprint density at radius 3 is 1.95 bits per heavy atom. The first-order valence-electron chi connectivity index (χ1n) is 14.2. The molecular formula is C37H26N4O2. The van der Waals surface area contributed by atoms with Crippen molar-refractivity contribution in [2.24, 2.45) is 14.1 Å². The van der Waals surface area contributed by atoms with E-state index in [-0.39, 0.29) is 5.69 Å². The molecule has 0 atom stereocenters. The highest BCUT2D eigenvalue weighted by Crippen LogP contribution is 2.34. The molecule has 6 heteroatoms. The summed E-state index contributed by atoms with van der Waals surface area (Å²) >= 11 is 0.